The van der Waals surface area contributed by atoms with E-state index in [9.17, 15) is 9.90 Å². The minimum atomic E-state index is -0.833. The zero-order valence-electron chi connectivity index (χ0n) is 8.48. The molecule has 1 fully saturated rings. The normalized spacial score (nSPS) is 29.5. The highest BCUT2D eigenvalue weighted by molar-refractivity contribution is 5.23. The highest BCUT2D eigenvalue weighted by Gasteiger charge is 2.35. The summed E-state index contributed by atoms with van der Waals surface area (Å²) < 4.78 is 6.48. The van der Waals surface area contributed by atoms with E-state index in [0.717, 1.165) is 4.57 Å². The Bertz CT molecular complexity index is 433. The molecule has 0 amide bonds. The van der Waals surface area contributed by atoms with Crippen LogP contribution in [0.5, 0.6) is 0 Å². The molecule has 88 valence electrons. The summed E-state index contributed by atoms with van der Waals surface area (Å²) in [5.74, 6) is 0.118. The van der Waals surface area contributed by atoms with Crippen LogP contribution in [0.2, 0.25) is 0 Å². The second-order valence-electron chi connectivity index (χ2n) is 3.68. The summed E-state index contributed by atoms with van der Waals surface area (Å²) in [4.78, 5) is 15.0. The number of nitrogens with two attached hydrogens (primary N) is 1. The van der Waals surface area contributed by atoms with Crippen LogP contribution in [0, 0.1) is 0 Å². The molecule has 1 aromatic heterocycles. The molecule has 7 nitrogen and oxygen atoms in total. The number of anilines is 1. The van der Waals surface area contributed by atoms with Gasteiger partial charge in [-0.25, -0.2) is 4.79 Å². The predicted octanol–water partition coefficient (Wildman–Crippen LogP) is -1.53. The molecule has 2 heterocycles. The number of nitrogens with zero attached hydrogens (tertiary/aromatic N) is 2. The van der Waals surface area contributed by atoms with E-state index in [1.54, 1.807) is 0 Å². The van der Waals surface area contributed by atoms with Gasteiger partial charge in [0, 0.05) is 12.6 Å². The van der Waals surface area contributed by atoms with E-state index in [0.29, 0.717) is 0 Å². The van der Waals surface area contributed by atoms with Gasteiger partial charge in [0.15, 0.2) is 6.23 Å². The SMILES string of the molecule is Nc1ccn([C@@H]2O[C@H](CO)C[C@@H]2O)c(=O)n1. The van der Waals surface area contributed by atoms with Crippen LogP contribution in [0.15, 0.2) is 17.1 Å². The lowest BCUT2D eigenvalue weighted by atomic mass is 10.2. The van der Waals surface area contributed by atoms with Crippen LogP contribution in [-0.4, -0.2) is 38.6 Å². The van der Waals surface area contributed by atoms with Crippen LogP contribution in [0.3, 0.4) is 0 Å². The van der Waals surface area contributed by atoms with Crippen molar-refractivity contribution in [2.24, 2.45) is 0 Å². The lowest BCUT2D eigenvalue weighted by molar-refractivity contribution is -0.0529. The number of hydrogen-bond donors (Lipinski definition) is 3. The van der Waals surface area contributed by atoms with Crippen molar-refractivity contribution in [3.05, 3.63) is 22.7 Å². The van der Waals surface area contributed by atoms with Gasteiger partial charge in [-0.3, -0.25) is 4.57 Å². The molecule has 0 aromatic carbocycles. The molecule has 0 saturated carbocycles. The Balaban J connectivity index is 2.28. The average molecular weight is 227 g/mol. The summed E-state index contributed by atoms with van der Waals surface area (Å²) in [5.41, 5.74) is 4.77. The first-order valence-electron chi connectivity index (χ1n) is 4.91. The third-order valence-corrected chi connectivity index (χ3v) is 2.49. The van der Waals surface area contributed by atoms with Gasteiger partial charge in [-0.2, -0.15) is 4.98 Å². The van der Waals surface area contributed by atoms with Crippen molar-refractivity contribution < 1.29 is 14.9 Å². The molecule has 0 unspecified atom stereocenters. The van der Waals surface area contributed by atoms with Gasteiger partial charge in [0.05, 0.1) is 12.7 Å². The maximum absolute atomic E-state index is 11.5. The Hall–Kier alpha value is -1.44. The van der Waals surface area contributed by atoms with Crippen molar-refractivity contribution in [3.63, 3.8) is 0 Å². The van der Waals surface area contributed by atoms with Crippen molar-refractivity contribution in [2.75, 3.05) is 12.3 Å². The Labute approximate surface area is 91.1 Å². The van der Waals surface area contributed by atoms with Crippen LogP contribution >= 0.6 is 0 Å². The fourth-order valence-electron chi connectivity index (χ4n) is 1.72. The van der Waals surface area contributed by atoms with Crippen LogP contribution < -0.4 is 11.4 Å². The monoisotopic (exact) mass is 227 g/mol. The topological polar surface area (TPSA) is 111 Å². The molecule has 1 saturated heterocycles. The number of ether oxygens (including phenoxy) is 1. The maximum atomic E-state index is 11.5. The molecule has 7 heteroatoms. The van der Waals surface area contributed by atoms with Crippen molar-refractivity contribution in [3.8, 4) is 0 Å². The van der Waals surface area contributed by atoms with E-state index >= 15 is 0 Å². The van der Waals surface area contributed by atoms with Crippen molar-refractivity contribution in [1.82, 2.24) is 9.55 Å². The summed E-state index contributed by atoms with van der Waals surface area (Å²) in [6.45, 7) is -0.190. The second kappa shape index (κ2) is 4.20. The largest absolute Gasteiger partial charge is 0.394 e. The standard InChI is InChI=1S/C9H13N3O4/c10-7-1-2-12(9(15)11-7)8-6(14)3-5(4-13)16-8/h1-2,5-6,8,13-14H,3-4H2,(H2,10,11,15)/t5-,6-,8+/m0/s1. The zero-order chi connectivity index (χ0) is 11.7. The van der Waals surface area contributed by atoms with Crippen LogP contribution in [0.1, 0.15) is 12.6 Å². The molecular formula is C9H13N3O4. The number of aliphatic hydroxyl groups excluding tert-OH is 2. The molecule has 1 aliphatic rings. The summed E-state index contributed by atoms with van der Waals surface area (Å²) in [6, 6.07) is 1.45. The van der Waals surface area contributed by atoms with E-state index in [4.69, 9.17) is 15.6 Å². The number of aromatic nitrogens is 2. The van der Waals surface area contributed by atoms with E-state index < -0.39 is 24.1 Å². The number of aliphatic hydroxyl groups is 2. The third-order valence-electron chi connectivity index (χ3n) is 2.49. The van der Waals surface area contributed by atoms with E-state index in [1.807, 2.05) is 0 Å². The molecule has 1 aromatic rings. The fourth-order valence-corrected chi connectivity index (χ4v) is 1.72. The molecule has 4 N–H and O–H groups in total. The maximum Gasteiger partial charge on any atom is 0.351 e. The van der Waals surface area contributed by atoms with Crippen molar-refractivity contribution >= 4 is 5.82 Å². The molecule has 3 atom stereocenters. The lowest BCUT2D eigenvalue weighted by Gasteiger charge is -2.16. The van der Waals surface area contributed by atoms with Crippen molar-refractivity contribution in [1.29, 1.82) is 0 Å². The van der Waals surface area contributed by atoms with Gasteiger partial charge in [0.1, 0.15) is 11.9 Å². The minimum Gasteiger partial charge on any atom is -0.394 e. The second-order valence-corrected chi connectivity index (χ2v) is 3.68. The number of rotatable bonds is 2. The van der Waals surface area contributed by atoms with Gasteiger partial charge in [0.2, 0.25) is 0 Å². The predicted molar refractivity (Wildman–Crippen MR) is 54.5 cm³/mol. The molecule has 0 radical (unpaired) electrons. The van der Waals surface area contributed by atoms with Crippen LogP contribution in [0.4, 0.5) is 5.82 Å². The molecule has 2 rings (SSSR count). The van der Waals surface area contributed by atoms with Crippen molar-refractivity contribution in [2.45, 2.75) is 24.9 Å². The highest BCUT2D eigenvalue weighted by atomic mass is 16.5. The molecule has 0 spiro atoms. The average Bonchev–Trinajstić information content (AvgIpc) is 2.60. The fraction of sp³-hybridized carbons (Fsp3) is 0.556. The molecule has 0 bridgehead atoms. The summed E-state index contributed by atoms with van der Waals surface area (Å²) in [7, 11) is 0. The van der Waals surface area contributed by atoms with E-state index in [1.165, 1.54) is 12.3 Å². The van der Waals surface area contributed by atoms with E-state index in [-0.39, 0.29) is 18.8 Å². The first-order chi connectivity index (χ1) is 7.61. The van der Waals surface area contributed by atoms with E-state index in [2.05, 4.69) is 4.98 Å². The van der Waals surface area contributed by atoms with Gasteiger partial charge in [-0.15, -0.1) is 0 Å². The van der Waals surface area contributed by atoms with Gasteiger partial charge < -0.3 is 20.7 Å². The smallest absolute Gasteiger partial charge is 0.351 e. The Morgan fingerprint density at radius 1 is 1.69 bits per heavy atom. The van der Waals surface area contributed by atoms with Gasteiger partial charge >= 0.3 is 5.69 Å². The third kappa shape index (κ3) is 1.92. The summed E-state index contributed by atoms with van der Waals surface area (Å²) in [6.07, 6.45) is -0.390. The number of hydrogen-bond acceptors (Lipinski definition) is 6. The van der Waals surface area contributed by atoms with Gasteiger partial charge in [-0.1, -0.05) is 0 Å². The van der Waals surface area contributed by atoms with Crippen LogP contribution in [-0.2, 0) is 4.74 Å². The minimum absolute atomic E-state index is 0.118. The first-order valence-corrected chi connectivity index (χ1v) is 4.91. The summed E-state index contributed by atoms with van der Waals surface area (Å²) in [5, 5.41) is 18.6. The zero-order valence-corrected chi connectivity index (χ0v) is 8.48. The Morgan fingerprint density at radius 3 is 3.00 bits per heavy atom. The number of nitrogen functional groups attached to an aromatic ring is 1. The molecular weight excluding hydrogens is 214 g/mol. The Morgan fingerprint density at radius 2 is 2.44 bits per heavy atom. The van der Waals surface area contributed by atoms with Gasteiger partial charge in [-0.05, 0) is 6.07 Å². The lowest BCUT2D eigenvalue weighted by Crippen LogP contribution is -2.31. The molecule has 1 aliphatic heterocycles. The molecule has 0 aliphatic carbocycles. The highest BCUT2D eigenvalue weighted by Crippen LogP contribution is 2.27. The first kappa shape index (κ1) is 11.1. The summed E-state index contributed by atoms with van der Waals surface area (Å²) >= 11 is 0. The quantitative estimate of drug-likeness (QED) is 0.565. The molecule has 16 heavy (non-hydrogen) atoms. The Kier molecular flexibility index (Phi) is 2.90. The van der Waals surface area contributed by atoms with Gasteiger partial charge in [0.25, 0.3) is 0 Å². The van der Waals surface area contributed by atoms with Crippen LogP contribution in [0.25, 0.3) is 0 Å².